The first-order valence-electron chi connectivity index (χ1n) is 9.41. The van der Waals surface area contributed by atoms with Crippen LogP contribution in [0.5, 0.6) is 11.5 Å². The molecule has 1 aliphatic carbocycles. The number of benzene rings is 1. The van der Waals surface area contributed by atoms with Crippen molar-refractivity contribution in [3.63, 3.8) is 0 Å². The third-order valence-corrected chi connectivity index (χ3v) is 5.05. The highest BCUT2D eigenvalue weighted by molar-refractivity contribution is 5.74. The Hall–Kier alpha value is -2.44. The summed E-state index contributed by atoms with van der Waals surface area (Å²) < 4.78 is 10.6. The molecule has 7 nitrogen and oxygen atoms in total. The molecular weight excluding hydrogens is 348 g/mol. The fraction of sp³-hybridized carbons (Fsp3) is 0.600. The van der Waals surface area contributed by atoms with E-state index < -0.39 is 5.97 Å². The normalized spacial score (nSPS) is 20.4. The molecule has 0 saturated heterocycles. The van der Waals surface area contributed by atoms with Crippen molar-refractivity contribution in [1.29, 1.82) is 0 Å². The number of carboxylic acid groups (broad SMARTS) is 1. The van der Waals surface area contributed by atoms with Crippen molar-refractivity contribution in [2.75, 3.05) is 20.8 Å². The zero-order valence-corrected chi connectivity index (χ0v) is 16.3. The van der Waals surface area contributed by atoms with Gasteiger partial charge in [-0.15, -0.1) is 0 Å². The van der Waals surface area contributed by atoms with Gasteiger partial charge in [-0.25, -0.2) is 4.79 Å². The standard InChI is InChI=1S/C20H30N2O5/c1-13(10-14-4-9-17(26-2)18(11-14)27-3)12-21-20(25)22-16-7-5-15(6-8-16)19(23)24/h4,9,11,13,15-16H,5-8,10,12H2,1-3H3,(H,23,24)(H2,21,22,25). The quantitative estimate of drug-likeness (QED) is 0.646. The maximum Gasteiger partial charge on any atom is 0.315 e. The first kappa shape index (κ1) is 20.9. The maximum atomic E-state index is 12.1. The van der Waals surface area contributed by atoms with E-state index in [0.717, 1.165) is 12.0 Å². The van der Waals surface area contributed by atoms with Gasteiger partial charge in [0.2, 0.25) is 0 Å². The molecule has 0 radical (unpaired) electrons. The number of ether oxygens (including phenoxy) is 2. The summed E-state index contributed by atoms with van der Waals surface area (Å²) in [5.41, 5.74) is 1.12. The molecule has 1 saturated carbocycles. The Kier molecular flexibility index (Phi) is 7.76. The monoisotopic (exact) mass is 378 g/mol. The number of urea groups is 1. The minimum atomic E-state index is -0.734. The molecule has 150 valence electrons. The summed E-state index contributed by atoms with van der Waals surface area (Å²) in [5.74, 6) is 0.653. The summed E-state index contributed by atoms with van der Waals surface area (Å²) in [7, 11) is 3.22. The Labute approximate surface area is 160 Å². The fourth-order valence-corrected chi connectivity index (χ4v) is 3.47. The minimum Gasteiger partial charge on any atom is -0.493 e. The lowest BCUT2D eigenvalue weighted by atomic mass is 9.86. The van der Waals surface area contributed by atoms with Gasteiger partial charge in [-0.05, 0) is 55.7 Å². The minimum absolute atomic E-state index is 0.0572. The van der Waals surface area contributed by atoms with Crippen LogP contribution >= 0.6 is 0 Å². The van der Waals surface area contributed by atoms with Crippen LogP contribution in [0.1, 0.15) is 38.2 Å². The smallest absolute Gasteiger partial charge is 0.315 e. The van der Waals surface area contributed by atoms with Crippen molar-refractivity contribution in [2.24, 2.45) is 11.8 Å². The van der Waals surface area contributed by atoms with Crippen LogP contribution in [0.15, 0.2) is 18.2 Å². The van der Waals surface area contributed by atoms with Crippen molar-refractivity contribution in [2.45, 2.75) is 45.1 Å². The summed E-state index contributed by atoms with van der Waals surface area (Å²) in [6.07, 6.45) is 3.48. The molecule has 0 spiro atoms. The number of nitrogens with one attached hydrogen (secondary N) is 2. The first-order chi connectivity index (χ1) is 12.9. The van der Waals surface area contributed by atoms with Crippen LogP contribution in [-0.2, 0) is 11.2 Å². The highest BCUT2D eigenvalue weighted by atomic mass is 16.5. The second kappa shape index (κ2) is 10.0. The third kappa shape index (κ3) is 6.34. The zero-order chi connectivity index (χ0) is 19.8. The van der Waals surface area contributed by atoms with Crippen molar-refractivity contribution < 1.29 is 24.2 Å². The van der Waals surface area contributed by atoms with E-state index in [0.29, 0.717) is 43.7 Å². The van der Waals surface area contributed by atoms with Crippen molar-refractivity contribution >= 4 is 12.0 Å². The maximum absolute atomic E-state index is 12.1. The van der Waals surface area contributed by atoms with E-state index in [1.807, 2.05) is 18.2 Å². The van der Waals surface area contributed by atoms with Gasteiger partial charge in [0.15, 0.2) is 11.5 Å². The molecule has 2 amide bonds. The van der Waals surface area contributed by atoms with Crippen LogP contribution in [0, 0.1) is 11.8 Å². The molecule has 7 heteroatoms. The molecule has 0 aromatic heterocycles. The van der Waals surface area contributed by atoms with Crippen LogP contribution in [0.2, 0.25) is 0 Å². The summed E-state index contributed by atoms with van der Waals surface area (Å²) >= 11 is 0. The molecular formula is C20H30N2O5. The molecule has 3 N–H and O–H groups in total. The molecule has 1 aliphatic rings. The van der Waals surface area contributed by atoms with Crippen LogP contribution < -0.4 is 20.1 Å². The van der Waals surface area contributed by atoms with Gasteiger partial charge in [0.05, 0.1) is 20.1 Å². The third-order valence-electron chi connectivity index (χ3n) is 5.05. The van der Waals surface area contributed by atoms with E-state index in [4.69, 9.17) is 14.6 Å². The lowest BCUT2D eigenvalue weighted by Crippen LogP contribution is -2.45. The molecule has 1 fully saturated rings. The van der Waals surface area contributed by atoms with Gasteiger partial charge in [0.1, 0.15) is 0 Å². The van der Waals surface area contributed by atoms with E-state index in [1.165, 1.54) is 0 Å². The van der Waals surface area contributed by atoms with E-state index in [-0.39, 0.29) is 23.9 Å². The lowest BCUT2D eigenvalue weighted by Gasteiger charge is -2.27. The Morgan fingerprint density at radius 1 is 1.15 bits per heavy atom. The molecule has 1 aromatic rings. The highest BCUT2D eigenvalue weighted by Crippen LogP contribution is 2.28. The summed E-state index contributed by atoms with van der Waals surface area (Å²) in [6.45, 7) is 2.64. The average molecular weight is 378 g/mol. The van der Waals surface area contributed by atoms with Crippen LogP contribution in [0.25, 0.3) is 0 Å². The largest absolute Gasteiger partial charge is 0.493 e. The van der Waals surface area contributed by atoms with Gasteiger partial charge < -0.3 is 25.2 Å². The van der Waals surface area contributed by atoms with E-state index in [2.05, 4.69) is 17.6 Å². The van der Waals surface area contributed by atoms with Crippen molar-refractivity contribution in [3.8, 4) is 11.5 Å². The molecule has 1 atom stereocenters. The van der Waals surface area contributed by atoms with Crippen LogP contribution in [0.4, 0.5) is 4.79 Å². The first-order valence-corrected chi connectivity index (χ1v) is 9.41. The SMILES string of the molecule is COc1ccc(CC(C)CNC(=O)NC2CCC(C(=O)O)CC2)cc1OC. The predicted molar refractivity (Wildman–Crippen MR) is 102 cm³/mol. The van der Waals surface area contributed by atoms with Gasteiger partial charge in [-0.1, -0.05) is 13.0 Å². The van der Waals surface area contributed by atoms with Crippen LogP contribution in [0.3, 0.4) is 0 Å². The Balaban J connectivity index is 1.73. The molecule has 1 aromatic carbocycles. The number of aliphatic carboxylic acids is 1. The molecule has 0 heterocycles. The second-order valence-corrected chi connectivity index (χ2v) is 7.24. The Morgan fingerprint density at radius 2 is 1.81 bits per heavy atom. The number of carbonyl (C=O) groups excluding carboxylic acids is 1. The molecule has 1 unspecified atom stereocenters. The van der Waals surface area contributed by atoms with Gasteiger partial charge in [0.25, 0.3) is 0 Å². The van der Waals surface area contributed by atoms with E-state index >= 15 is 0 Å². The van der Waals surface area contributed by atoms with Gasteiger partial charge in [-0.3, -0.25) is 4.79 Å². The number of hydrogen-bond acceptors (Lipinski definition) is 4. The number of amides is 2. The zero-order valence-electron chi connectivity index (χ0n) is 16.3. The lowest BCUT2D eigenvalue weighted by molar-refractivity contribution is -0.142. The molecule has 27 heavy (non-hydrogen) atoms. The number of carbonyl (C=O) groups is 2. The second-order valence-electron chi connectivity index (χ2n) is 7.24. The van der Waals surface area contributed by atoms with E-state index in [1.54, 1.807) is 14.2 Å². The predicted octanol–water partition coefficient (Wildman–Crippen LogP) is 2.83. The van der Waals surface area contributed by atoms with Gasteiger partial charge in [-0.2, -0.15) is 0 Å². The number of hydrogen-bond donors (Lipinski definition) is 3. The van der Waals surface area contributed by atoms with Gasteiger partial charge in [0, 0.05) is 12.6 Å². The molecule has 0 bridgehead atoms. The average Bonchev–Trinajstić information content (AvgIpc) is 2.66. The Bertz CT molecular complexity index is 641. The van der Waals surface area contributed by atoms with E-state index in [9.17, 15) is 9.59 Å². The number of methoxy groups -OCH3 is 2. The van der Waals surface area contributed by atoms with Crippen molar-refractivity contribution in [1.82, 2.24) is 10.6 Å². The topological polar surface area (TPSA) is 96.9 Å². The van der Waals surface area contributed by atoms with Crippen molar-refractivity contribution in [3.05, 3.63) is 23.8 Å². The Morgan fingerprint density at radius 3 is 2.41 bits per heavy atom. The molecule has 0 aliphatic heterocycles. The summed E-state index contributed by atoms with van der Waals surface area (Å²) in [5, 5.41) is 14.9. The summed E-state index contributed by atoms with van der Waals surface area (Å²) in [6, 6.07) is 5.71. The number of rotatable bonds is 8. The highest BCUT2D eigenvalue weighted by Gasteiger charge is 2.26. The molecule has 2 rings (SSSR count). The number of carboxylic acids is 1. The fourth-order valence-electron chi connectivity index (χ4n) is 3.47. The van der Waals surface area contributed by atoms with Gasteiger partial charge >= 0.3 is 12.0 Å². The summed E-state index contributed by atoms with van der Waals surface area (Å²) in [4.78, 5) is 23.1. The van der Waals surface area contributed by atoms with Crippen LogP contribution in [-0.4, -0.2) is 43.9 Å².